The molecule has 0 aliphatic rings. The van der Waals surface area contributed by atoms with E-state index in [2.05, 4.69) is 26.6 Å². The van der Waals surface area contributed by atoms with Gasteiger partial charge in [-0.1, -0.05) is 50.7 Å². The molecule has 2 aromatic carbocycles. The first kappa shape index (κ1) is 19.9. The molecule has 0 unspecified atom stereocenters. The van der Waals surface area contributed by atoms with Gasteiger partial charge in [-0.2, -0.15) is 0 Å². The van der Waals surface area contributed by atoms with Crippen LogP contribution >= 0.6 is 63.0 Å². The average Bonchev–Trinajstić information content (AvgIpc) is 2.51. The van der Waals surface area contributed by atoms with E-state index < -0.39 is 11.9 Å². The molecule has 0 bridgehead atoms. The fraction of sp³-hybridized carbons (Fsp3) is 0. The predicted octanol–water partition coefficient (Wildman–Crippen LogP) is 5.23. The summed E-state index contributed by atoms with van der Waals surface area (Å²) in [7, 11) is 0. The number of thiocarbonyl (C=S) groups is 1. The number of rotatable bonds is 3. The van der Waals surface area contributed by atoms with E-state index in [-0.39, 0.29) is 37.0 Å². The Balaban J connectivity index is 2.18. The molecule has 0 heterocycles. The van der Waals surface area contributed by atoms with Crippen LogP contribution in [0.15, 0.2) is 34.8 Å². The van der Waals surface area contributed by atoms with E-state index in [0.29, 0.717) is 4.47 Å². The van der Waals surface area contributed by atoms with E-state index in [4.69, 9.17) is 52.1 Å². The van der Waals surface area contributed by atoms with Gasteiger partial charge in [-0.3, -0.25) is 10.1 Å². The molecule has 25 heavy (non-hydrogen) atoms. The Kier molecular flexibility index (Phi) is 6.65. The lowest BCUT2D eigenvalue weighted by Gasteiger charge is -2.13. The molecule has 3 N–H and O–H groups in total. The molecule has 1 amide bonds. The van der Waals surface area contributed by atoms with Gasteiger partial charge in [0, 0.05) is 4.47 Å². The lowest BCUT2D eigenvalue weighted by Crippen LogP contribution is -2.34. The maximum absolute atomic E-state index is 12.2. The Morgan fingerprint density at radius 3 is 2.32 bits per heavy atom. The Hall–Kier alpha value is -1.38. The van der Waals surface area contributed by atoms with Gasteiger partial charge >= 0.3 is 5.97 Å². The zero-order chi connectivity index (χ0) is 18.7. The summed E-state index contributed by atoms with van der Waals surface area (Å²) in [6.07, 6.45) is 0. The first-order chi connectivity index (χ1) is 11.7. The molecule has 0 aliphatic heterocycles. The Bertz CT molecular complexity index is 893. The summed E-state index contributed by atoms with van der Waals surface area (Å²) in [6, 6.07) is 7.28. The molecular formula is C15H8BrCl3N2O3S. The molecule has 0 aromatic heterocycles. The maximum atomic E-state index is 12.2. The molecule has 5 nitrogen and oxygen atoms in total. The van der Waals surface area contributed by atoms with Gasteiger partial charge < -0.3 is 10.4 Å². The second-order valence-corrected chi connectivity index (χ2v) is 7.19. The third kappa shape index (κ3) is 5.05. The Morgan fingerprint density at radius 2 is 1.68 bits per heavy atom. The fourth-order valence-corrected chi connectivity index (χ4v) is 3.08. The van der Waals surface area contributed by atoms with Gasteiger partial charge in [0.25, 0.3) is 5.91 Å². The van der Waals surface area contributed by atoms with Gasteiger partial charge in [-0.25, -0.2) is 4.79 Å². The van der Waals surface area contributed by atoms with Crippen LogP contribution in [0.1, 0.15) is 20.7 Å². The lowest BCUT2D eigenvalue weighted by molar-refractivity contribution is 0.0697. The number of carboxylic acid groups (broad SMARTS) is 1. The van der Waals surface area contributed by atoms with E-state index in [1.54, 1.807) is 12.1 Å². The number of carboxylic acids is 1. The predicted molar refractivity (Wildman–Crippen MR) is 106 cm³/mol. The molecule has 2 rings (SSSR count). The molecule has 2 aromatic rings. The summed E-state index contributed by atoms with van der Waals surface area (Å²) >= 11 is 26.1. The number of hydrogen-bond acceptors (Lipinski definition) is 3. The highest BCUT2D eigenvalue weighted by Gasteiger charge is 2.16. The van der Waals surface area contributed by atoms with E-state index in [1.807, 2.05) is 0 Å². The average molecular weight is 483 g/mol. The molecule has 130 valence electrons. The maximum Gasteiger partial charge on any atom is 0.337 e. The number of anilines is 1. The van der Waals surface area contributed by atoms with E-state index >= 15 is 0 Å². The number of hydrogen-bond donors (Lipinski definition) is 3. The fourth-order valence-electron chi connectivity index (χ4n) is 1.80. The Labute approximate surface area is 171 Å². The topological polar surface area (TPSA) is 78.4 Å². The first-order valence-electron chi connectivity index (χ1n) is 6.48. The van der Waals surface area contributed by atoms with Crippen LogP contribution in [0, 0.1) is 0 Å². The normalized spacial score (nSPS) is 10.2. The van der Waals surface area contributed by atoms with Gasteiger partial charge in [-0.15, -0.1) is 0 Å². The van der Waals surface area contributed by atoms with Crippen LogP contribution < -0.4 is 10.6 Å². The molecule has 0 spiro atoms. The summed E-state index contributed by atoms with van der Waals surface area (Å²) in [4.78, 5) is 23.4. The molecule has 0 aliphatic carbocycles. The minimum absolute atomic E-state index is 0.0149. The van der Waals surface area contributed by atoms with Crippen molar-refractivity contribution < 1.29 is 14.7 Å². The molecule has 0 atom stereocenters. The second kappa shape index (κ2) is 8.33. The van der Waals surface area contributed by atoms with Gasteiger partial charge in [0.15, 0.2) is 5.11 Å². The monoisotopic (exact) mass is 480 g/mol. The zero-order valence-electron chi connectivity index (χ0n) is 12.1. The van der Waals surface area contributed by atoms with Gasteiger partial charge in [0.05, 0.1) is 31.9 Å². The minimum atomic E-state index is -1.22. The number of nitrogens with one attached hydrogen (secondary N) is 2. The van der Waals surface area contributed by atoms with Crippen molar-refractivity contribution in [3.63, 3.8) is 0 Å². The van der Waals surface area contributed by atoms with Crippen LogP contribution in [0.4, 0.5) is 5.69 Å². The molecule has 10 heteroatoms. The van der Waals surface area contributed by atoms with E-state index in [1.165, 1.54) is 18.2 Å². The van der Waals surface area contributed by atoms with Crippen LogP contribution in [0.3, 0.4) is 0 Å². The smallest absolute Gasteiger partial charge is 0.337 e. The number of halogens is 4. The van der Waals surface area contributed by atoms with Crippen LogP contribution in [0.5, 0.6) is 0 Å². The van der Waals surface area contributed by atoms with Crippen molar-refractivity contribution in [2.45, 2.75) is 0 Å². The number of aromatic carboxylic acids is 1. The van der Waals surface area contributed by atoms with Crippen LogP contribution in [0.25, 0.3) is 0 Å². The zero-order valence-corrected chi connectivity index (χ0v) is 16.7. The largest absolute Gasteiger partial charge is 0.478 e. The summed E-state index contributed by atoms with van der Waals surface area (Å²) in [6.45, 7) is 0. The van der Waals surface area contributed by atoms with Gasteiger partial charge in [-0.05, 0) is 42.5 Å². The second-order valence-electron chi connectivity index (χ2n) is 4.65. The minimum Gasteiger partial charge on any atom is -0.478 e. The Morgan fingerprint density at radius 1 is 1.00 bits per heavy atom. The standard InChI is InChI=1S/C15H8BrCl3N2O3S/c16-6-1-2-9(17)7(3-6)13(22)21-15(25)20-12-4-8(14(23)24)10(18)5-11(12)19/h1-5H,(H,23,24)(H2,20,21,22,25). The van der Waals surface area contributed by atoms with E-state index in [0.717, 1.165) is 0 Å². The van der Waals surface area contributed by atoms with Crippen molar-refractivity contribution in [1.82, 2.24) is 5.32 Å². The third-order valence-corrected chi connectivity index (χ3v) is 4.59. The summed E-state index contributed by atoms with van der Waals surface area (Å²) in [5.41, 5.74) is 0.250. The van der Waals surface area contributed by atoms with Crippen molar-refractivity contribution in [2.75, 3.05) is 5.32 Å². The van der Waals surface area contributed by atoms with Gasteiger partial charge in [0.1, 0.15) is 0 Å². The SMILES string of the molecule is O=C(O)c1cc(NC(=S)NC(=O)c2cc(Br)ccc2Cl)c(Cl)cc1Cl. The molecule has 0 radical (unpaired) electrons. The first-order valence-corrected chi connectivity index (χ1v) is 8.82. The summed E-state index contributed by atoms with van der Waals surface area (Å²) < 4.78 is 0.674. The molecule has 0 fully saturated rings. The number of carbonyl (C=O) groups is 2. The quantitative estimate of drug-likeness (QED) is 0.522. The summed E-state index contributed by atoms with van der Waals surface area (Å²) in [5.74, 6) is -1.76. The molecule has 0 saturated heterocycles. The lowest BCUT2D eigenvalue weighted by atomic mass is 10.2. The number of benzene rings is 2. The van der Waals surface area contributed by atoms with Crippen molar-refractivity contribution >= 4 is 85.6 Å². The number of carbonyl (C=O) groups excluding carboxylic acids is 1. The van der Waals surface area contributed by atoms with Gasteiger partial charge in [0.2, 0.25) is 0 Å². The summed E-state index contributed by atoms with van der Waals surface area (Å²) in [5, 5.41) is 14.5. The highest BCUT2D eigenvalue weighted by molar-refractivity contribution is 9.10. The number of amides is 1. The van der Waals surface area contributed by atoms with Crippen LogP contribution in [0.2, 0.25) is 15.1 Å². The van der Waals surface area contributed by atoms with Crippen molar-refractivity contribution in [2.24, 2.45) is 0 Å². The third-order valence-electron chi connectivity index (χ3n) is 2.94. The molecular weight excluding hydrogens is 475 g/mol. The van der Waals surface area contributed by atoms with Crippen molar-refractivity contribution in [1.29, 1.82) is 0 Å². The van der Waals surface area contributed by atoms with Crippen molar-refractivity contribution in [3.8, 4) is 0 Å². The highest BCUT2D eigenvalue weighted by atomic mass is 79.9. The van der Waals surface area contributed by atoms with Crippen LogP contribution in [-0.4, -0.2) is 22.1 Å². The molecule has 0 saturated carbocycles. The van der Waals surface area contributed by atoms with Crippen molar-refractivity contribution in [3.05, 3.63) is 61.0 Å². The van der Waals surface area contributed by atoms with Crippen LogP contribution in [-0.2, 0) is 0 Å². The highest BCUT2D eigenvalue weighted by Crippen LogP contribution is 2.29. The van der Waals surface area contributed by atoms with E-state index in [9.17, 15) is 9.59 Å².